The monoisotopic (exact) mass is 469 g/mol. The Morgan fingerprint density at radius 2 is 2.06 bits per heavy atom. The molecule has 12 heteroatoms. The van der Waals surface area contributed by atoms with Gasteiger partial charge in [-0.15, -0.1) is 12.4 Å². The number of ether oxygens (including phenoxy) is 1. The first-order chi connectivity index (χ1) is 14.3. The summed E-state index contributed by atoms with van der Waals surface area (Å²) in [6.07, 6.45) is 1.06. The smallest absolute Gasteiger partial charge is 0.277 e. The summed E-state index contributed by atoms with van der Waals surface area (Å²) < 4.78 is 49.7. The minimum Gasteiger partial charge on any atom is -0.379 e. The van der Waals surface area contributed by atoms with E-state index >= 15 is 4.39 Å². The third-order valence-corrected chi connectivity index (χ3v) is 5.96. The molecule has 1 amide bonds. The Morgan fingerprint density at radius 1 is 1.29 bits per heavy atom. The number of nitrogens with one attached hydrogen (secondary N) is 1. The molecule has 0 radical (unpaired) electrons. The van der Waals surface area contributed by atoms with Gasteiger partial charge in [0.05, 0.1) is 19.8 Å². The van der Waals surface area contributed by atoms with E-state index in [0.29, 0.717) is 0 Å². The summed E-state index contributed by atoms with van der Waals surface area (Å²) in [6, 6.07) is 4.42. The van der Waals surface area contributed by atoms with Crippen LogP contribution in [0.5, 0.6) is 0 Å². The first kappa shape index (κ1) is 22.9. The number of carbonyl (C=O) groups excluding carboxylic acids is 1. The summed E-state index contributed by atoms with van der Waals surface area (Å²) >= 11 is 1.02. The topological polar surface area (TPSA) is 94.0 Å². The number of fused-ring (bicyclic) bond motifs is 1. The number of amides is 1. The third kappa shape index (κ3) is 3.82. The van der Waals surface area contributed by atoms with E-state index in [-0.39, 0.29) is 53.5 Å². The van der Waals surface area contributed by atoms with Gasteiger partial charge < -0.3 is 15.8 Å². The van der Waals surface area contributed by atoms with Crippen LogP contribution in [0.15, 0.2) is 35.5 Å². The number of pyridine rings is 1. The molecule has 1 aromatic heterocycles. The standard InChI is InChI=1S/C19H14F3N5O2S.ClH/c1-24-11-5-14(21)15(25-6-11)16(28)26-10-2-3-13(20)12(4-10)19-8-29-7-18(19,22)9-30-17(23)27-19;/h2-6H,7-9H2,(H2,23,27)(H,26,28);1H/t18-,19-;/m1./s1. The quantitative estimate of drug-likeness (QED) is 0.670. The summed E-state index contributed by atoms with van der Waals surface area (Å²) in [4.78, 5) is 23.3. The molecule has 162 valence electrons. The highest BCUT2D eigenvalue weighted by Gasteiger charge is 2.61. The molecule has 2 aliphatic heterocycles. The van der Waals surface area contributed by atoms with E-state index < -0.39 is 34.4 Å². The van der Waals surface area contributed by atoms with Crippen molar-refractivity contribution in [3.63, 3.8) is 0 Å². The van der Waals surface area contributed by atoms with E-state index in [1.165, 1.54) is 12.1 Å². The highest BCUT2D eigenvalue weighted by atomic mass is 35.5. The van der Waals surface area contributed by atoms with Crippen LogP contribution in [0.1, 0.15) is 16.1 Å². The summed E-state index contributed by atoms with van der Waals surface area (Å²) in [5.74, 6) is -2.68. The van der Waals surface area contributed by atoms with Gasteiger partial charge in [-0.1, -0.05) is 11.8 Å². The van der Waals surface area contributed by atoms with Crippen molar-refractivity contribution in [1.29, 1.82) is 0 Å². The van der Waals surface area contributed by atoms with E-state index in [0.717, 1.165) is 30.1 Å². The second kappa shape index (κ2) is 8.37. The van der Waals surface area contributed by atoms with Gasteiger partial charge in [-0.3, -0.25) is 9.78 Å². The number of amidine groups is 1. The SMILES string of the molecule is Cl.[C-]#[N+]c1cnc(C(=O)Nc2ccc(F)c([C@]34COC[C@@]3(F)CSC(N)=N4)c2)c(F)c1. The van der Waals surface area contributed by atoms with Gasteiger partial charge in [0.25, 0.3) is 5.91 Å². The molecule has 4 rings (SSSR count). The zero-order chi connectivity index (χ0) is 21.5. The molecule has 0 bridgehead atoms. The van der Waals surface area contributed by atoms with Crippen LogP contribution in [-0.4, -0.2) is 40.7 Å². The number of halogens is 4. The number of aromatic nitrogens is 1. The highest BCUT2D eigenvalue weighted by molar-refractivity contribution is 8.13. The number of nitrogens with two attached hydrogens (primary N) is 1. The van der Waals surface area contributed by atoms with E-state index in [4.69, 9.17) is 17.0 Å². The first-order valence-electron chi connectivity index (χ1n) is 8.67. The molecule has 1 saturated heterocycles. The van der Waals surface area contributed by atoms with Crippen LogP contribution in [0.2, 0.25) is 0 Å². The molecule has 0 aliphatic carbocycles. The van der Waals surface area contributed by atoms with Gasteiger partial charge in [-0.05, 0) is 24.3 Å². The van der Waals surface area contributed by atoms with E-state index in [2.05, 4.69) is 20.1 Å². The third-order valence-electron chi connectivity index (χ3n) is 4.97. The number of hydrogen-bond donors (Lipinski definition) is 2. The van der Waals surface area contributed by atoms with Crippen molar-refractivity contribution in [2.75, 3.05) is 24.3 Å². The minimum atomic E-state index is -1.98. The number of alkyl halides is 1. The Balaban J connectivity index is 0.00000272. The summed E-state index contributed by atoms with van der Waals surface area (Å²) in [6.45, 7) is 6.36. The van der Waals surface area contributed by atoms with Crippen molar-refractivity contribution >= 4 is 46.6 Å². The summed E-state index contributed by atoms with van der Waals surface area (Å²) in [7, 11) is 0. The maximum Gasteiger partial charge on any atom is 0.277 e. The lowest BCUT2D eigenvalue weighted by molar-refractivity contribution is 0.101. The number of hydrogen-bond acceptors (Lipinski definition) is 6. The first-order valence-corrected chi connectivity index (χ1v) is 9.66. The number of rotatable bonds is 3. The lowest BCUT2D eigenvalue weighted by Gasteiger charge is -2.38. The van der Waals surface area contributed by atoms with Crippen molar-refractivity contribution in [3.8, 4) is 0 Å². The van der Waals surface area contributed by atoms with Gasteiger partial charge in [0, 0.05) is 23.2 Å². The fourth-order valence-electron chi connectivity index (χ4n) is 3.46. The fraction of sp³-hybridized carbons (Fsp3) is 0.263. The average Bonchev–Trinajstić information content (AvgIpc) is 3.06. The maximum absolute atomic E-state index is 15.6. The lowest BCUT2D eigenvalue weighted by atomic mass is 9.79. The van der Waals surface area contributed by atoms with Crippen molar-refractivity contribution in [3.05, 3.63) is 64.8 Å². The number of nitrogens with zero attached hydrogens (tertiary/aromatic N) is 3. The molecular weight excluding hydrogens is 455 g/mol. The number of anilines is 1. The Kier molecular flexibility index (Phi) is 6.18. The van der Waals surface area contributed by atoms with Gasteiger partial charge >= 0.3 is 0 Å². The molecule has 31 heavy (non-hydrogen) atoms. The molecule has 3 heterocycles. The van der Waals surface area contributed by atoms with Crippen LogP contribution >= 0.6 is 24.2 Å². The largest absolute Gasteiger partial charge is 0.379 e. The summed E-state index contributed by atoms with van der Waals surface area (Å²) in [5, 5.41) is 2.52. The molecule has 0 unspecified atom stereocenters. The fourth-order valence-corrected chi connectivity index (χ4v) is 4.38. The summed E-state index contributed by atoms with van der Waals surface area (Å²) in [5.41, 5.74) is 1.49. The molecule has 3 N–H and O–H groups in total. The van der Waals surface area contributed by atoms with Gasteiger partial charge in [0.1, 0.15) is 11.6 Å². The predicted octanol–water partition coefficient (Wildman–Crippen LogP) is 3.58. The molecule has 1 aromatic carbocycles. The number of thioether (sulfide) groups is 1. The molecule has 2 aliphatic rings. The molecule has 1 fully saturated rings. The molecule has 2 atom stereocenters. The van der Waals surface area contributed by atoms with Crippen LogP contribution in [0.25, 0.3) is 4.85 Å². The Morgan fingerprint density at radius 3 is 2.77 bits per heavy atom. The predicted molar refractivity (Wildman–Crippen MR) is 112 cm³/mol. The number of aliphatic imine (C=N–C) groups is 1. The van der Waals surface area contributed by atoms with Gasteiger partial charge in [0.15, 0.2) is 22.1 Å². The normalized spacial score (nSPS) is 24.4. The highest BCUT2D eigenvalue weighted by Crippen LogP contribution is 2.50. The van der Waals surface area contributed by atoms with Crippen molar-refractivity contribution in [2.24, 2.45) is 10.7 Å². The van der Waals surface area contributed by atoms with Crippen molar-refractivity contribution in [1.82, 2.24) is 4.98 Å². The maximum atomic E-state index is 15.6. The van der Waals surface area contributed by atoms with Crippen molar-refractivity contribution in [2.45, 2.75) is 11.2 Å². The van der Waals surface area contributed by atoms with Gasteiger partial charge in [0.2, 0.25) is 5.69 Å². The molecular formula is C19H15ClF3N5O2S. The Hall–Kier alpha value is -2.81. The number of benzene rings is 1. The minimum absolute atomic E-state index is 0. The van der Waals surface area contributed by atoms with Gasteiger partial charge in [-0.25, -0.2) is 23.0 Å². The Bertz CT molecular complexity index is 1130. The molecule has 0 spiro atoms. The van der Waals surface area contributed by atoms with E-state index in [9.17, 15) is 13.6 Å². The van der Waals surface area contributed by atoms with Crippen LogP contribution in [0.3, 0.4) is 0 Å². The van der Waals surface area contributed by atoms with Crippen LogP contribution < -0.4 is 11.1 Å². The number of carbonyl (C=O) groups is 1. The second-order valence-corrected chi connectivity index (χ2v) is 7.84. The Labute approximate surface area is 185 Å². The van der Waals surface area contributed by atoms with Crippen LogP contribution in [-0.2, 0) is 10.3 Å². The zero-order valence-corrected chi connectivity index (χ0v) is 17.3. The molecule has 0 saturated carbocycles. The van der Waals surface area contributed by atoms with E-state index in [1.807, 2.05) is 0 Å². The van der Waals surface area contributed by atoms with Gasteiger partial charge in [-0.2, -0.15) is 0 Å². The van der Waals surface area contributed by atoms with Crippen molar-refractivity contribution < 1.29 is 22.7 Å². The van der Waals surface area contributed by atoms with E-state index in [1.54, 1.807) is 0 Å². The molecule has 7 nitrogen and oxygen atoms in total. The van der Waals surface area contributed by atoms with Crippen LogP contribution in [0, 0.1) is 18.2 Å². The van der Waals surface area contributed by atoms with Crippen LogP contribution in [0.4, 0.5) is 24.5 Å². The zero-order valence-electron chi connectivity index (χ0n) is 15.7. The second-order valence-electron chi connectivity index (χ2n) is 6.84. The average molecular weight is 470 g/mol. The molecule has 2 aromatic rings. The lowest BCUT2D eigenvalue weighted by Crippen LogP contribution is -2.52.